The largest absolute Gasteiger partial charge is 2.00 e. The third-order valence-corrected chi connectivity index (χ3v) is 23.3. The molecule has 0 spiro atoms. The van der Waals surface area contributed by atoms with E-state index in [-0.39, 0.29) is 41.8 Å². The Bertz CT molecular complexity index is 4290. The van der Waals surface area contributed by atoms with E-state index in [0.717, 1.165) is 45.0 Å². The van der Waals surface area contributed by atoms with Gasteiger partial charge in [-0.1, -0.05) is 170 Å². The van der Waals surface area contributed by atoms with Crippen molar-refractivity contribution in [1.29, 1.82) is 0 Å². The summed E-state index contributed by atoms with van der Waals surface area (Å²) in [6.45, 7) is 22.7. The summed E-state index contributed by atoms with van der Waals surface area (Å²) < 4.78 is 66.3. The number of hydrogen-bond acceptors (Lipinski definition) is 13. The molecule has 1 saturated heterocycles. The maximum absolute atomic E-state index is 11.7. The second-order valence-electron chi connectivity index (χ2n) is 27.4. The number of benzene rings is 6. The SMILES string of the molecule is CB1OB(C)OB(C)O1.CC(C)c1cc(C(C)C)c(-c2ccccc2[PH+](C2CCCCC2)C2CCCCC2)c(C(C)C)c1.COC(=O)c1cnn2c(Br)c(OCc3ccccc3)ccc12.COC(=O)c1cnn2c(C)c(OCc3ccccc3)ccc12.CS(=O)(=O)O.[NH-]c1ccccc1-c1[c-]cccc1.[Pd+2]. The van der Waals surface area contributed by atoms with Crippen molar-refractivity contribution < 1.29 is 75.6 Å². The number of nitrogens with one attached hydrogen (secondary N) is 1. The predicted molar refractivity (Wildman–Crippen MR) is 433 cm³/mol. The van der Waals surface area contributed by atoms with Crippen molar-refractivity contribution in [3.8, 4) is 33.8 Å². The first kappa shape index (κ1) is 85.8. The quantitative estimate of drug-likeness (QED) is 0.0238. The number of pyridine rings is 2. The number of aryl methyl sites for hydroxylation is 1. The van der Waals surface area contributed by atoms with E-state index in [9.17, 15) is 18.0 Å². The molecular weight excluding hydrogens is 1530 g/mol. The number of carbonyl (C=O) groups is 2. The summed E-state index contributed by atoms with van der Waals surface area (Å²) >= 11 is 3.46. The summed E-state index contributed by atoms with van der Waals surface area (Å²) in [4.78, 5) is 23.4. The van der Waals surface area contributed by atoms with Gasteiger partial charge in [0.2, 0.25) is 0 Å². The van der Waals surface area contributed by atoms with E-state index in [2.05, 4.69) is 110 Å². The fraction of sp³-hybridized carbons (Fsp3) is 0.366. The molecule has 0 atom stereocenters. The van der Waals surface area contributed by atoms with E-state index in [1.54, 1.807) is 54.8 Å². The topological polar surface area (TPSA) is 212 Å². The Morgan fingerprint density at radius 1 is 0.604 bits per heavy atom. The molecule has 1 aliphatic heterocycles. The number of halogens is 1. The van der Waals surface area contributed by atoms with E-state index < -0.39 is 30.0 Å². The maximum atomic E-state index is 11.7. The van der Waals surface area contributed by atoms with Crippen molar-refractivity contribution in [3.05, 3.63) is 243 Å². The molecule has 2 aliphatic carbocycles. The minimum atomic E-state index is -3.67. The fourth-order valence-electron chi connectivity index (χ4n) is 13.4. The third-order valence-electron chi connectivity index (χ3n) is 18.6. The predicted octanol–water partition coefficient (Wildman–Crippen LogP) is 20.4. The van der Waals surface area contributed by atoms with Crippen LogP contribution < -0.4 is 14.8 Å². The Morgan fingerprint density at radius 3 is 1.48 bits per heavy atom. The summed E-state index contributed by atoms with van der Waals surface area (Å²) in [5, 5.41) is 10.2. The van der Waals surface area contributed by atoms with Gasteiger partial charge in [0.15, 0.2) is 5.75 Å². The molecule has 0 bridgehead atoms. The van der Waals surface area contributed by atoms with Crippen molar-refractivity contribution in [3.63, 3.8) is 0 Å². The number of ether oxygens (including phenoxy) is 4. The van der Waals surface area contributed by atoms with Crippen LogP contribution in [0.2, 0.25) is 20.5 Å². The van der Waals surface area contributed by atoms with Gasteiger partial charge in [-0.15, -0.1) is 41.5 Å². The zero-order chi connectivity index (χ0) is 75.7. The monoisotopic (exact) mass is 1630 g/mol. The number of methoxy groups -OCH3 is 2. The van der Waals surface area contributed by atoms with Crippen molar-refractivity contribution in [2.75, 3.05) is 20.5 Å². The van der Waals surface area contributed by atoms with Crippen LogP contribution in [-0.4, -0.2) is 97.3 Å². The first-order valence-electron chi connectivity index (χ1n) is 36.3. The smallest absolute Gasteiger partial charge is 0.706 e. The number of esters is 2. The average molecular weight is 1630 g/mol. The molecule has 5 heterocycles. The van der Waals surface area contributed by atoms with E-state index in [1.165, 1.54) is 96.4 Å². The minimum Gasteiger partial charge on any atom is -0.706 e. The minimum absolute atomic E-state index is 0. The van der Waals surface area contributed by atoms with Crippen LogP contribution in [0.1, 0.15) is 178 Å². The molecule has 17 nitrogen and oxygen atoms in total. The molecule has 13 rings (SSSR count). The van der Waals surface area contributed by atoms with Crippen LogP contribution in [0.3, 0.4) is 0 Å². The molecule has 2 saturated carbocycles. The molecule has 2 N–H and O–H groups in total. The average Bonchev–Trinajstić information content (AvgIpc) is 1.12. The van der Waals surface area contributed by atoms with E-state index >= 15 is 0 Å². The molecule has 0 amide bonds. The van der Waals surface area contributed by atoms with Gasteiger partial charge in [-0.2, -0.15) is 24.3 Å². The van der Waals surface area contributed by atoms with Gasteiger partial charge < -0.3 is 38.4 Å². The first-order chi connectivity index (χ1) is 50.3. The van der Waals surface area contributed by atoms with Crippen molar-refractivity contribution in [1.82, 2.24) is 19.2 Å². The molecule has 24 heteroatoms. The van der Waals surface area contributed by atoms with Gasteiger partial charge in [0, 0.05) is 13.5 Å². The van der Waals surface area contributed by atoms with Crippen LogP contribution >= 0.6 is 23.9 Å². The fourth-order valence-corrected chi connectivity index (χ4v) is 18.4. The number of aromatic nitrogens is 4. The first-order valence-corrected chi connectivity index (χ1v) is 40.6. The van der Waals surface area contributed by atoms with Gasteiger partial charge in [0.25, 0.3) is 10.1 Å². The van der Waals surface area contributed by atoms with E-state index in [1.807, 2.05) is 143 Å². The van der Waals surface area contributed by atoms with Crippen LogP contribution in [0.15, 0.2) is 187 Å². The Kier molecular flexibility index (Phi) is 34.3. The number of rotatable bonds is 16. The van der Waals surface area contributed by atoms with Crippen LogP contribution in [0.4, 0.5) is 5.69 Å². The van der Waals surface area contributed by atoms with Crippen LogP contribution in [0, 0.1) is 13.0 Å². The summed E-state index contributed by atoms with van der Waals surface area (Å²) in [6, 6.07) is 60.3. The summed E-state index contributed by atoms with van der Waals surface area (Å²) in [5.41, 5.74) is 25.2. The molecular formula is C82H101B3BrN5O12PPdS+. The zero-order valence-electron chi connectivity index (χ0n) is 63.3. The Balaban J connectivity index is 0.000000192. The molecule has 0 unspecified atom stereocenters. The van der Waals surface area contributed by atoms with Crippen molar-refractivity contribution in [2.24, 2.45) is 0 Å². The third kappa shape index (κ3) is 24.8. The van der Waals surface area contributed by atoms with Crippen LogP contribution in [0.5, 0.6) is 11.5 Å². The van der Waals surface area contributed by atoms with Gasteiger partial charge in [-0.05, 0) is 176 Å². The Labute approximate surface area is 652 Å². The number of carbonyl (C=O) groups excluding carboxylic acids is 2. The van der Waals surface area contributed by atoms with E-state index in [0.29, 0.717) is 75.4 Å². The van der Waals surface area contributed by atoms with Gasteiger partial charge in [0.05, 0.1) is 66.2 Å². The van der Waals surface area contributed by atoms with Crippen molar-refractivity contribution in [2.45, 2.75) is 175 Å². The molecule has 562 valence electrons. The second-order valence-corrected chi connectivity index (χ2v) is 32.7. The van der Waals surface area contributed by atoms with Crippen LogP contribution in [0.25, 0.3) is 39.0 Å². The molecule has 106 heavy (non-hydrogen) atoms. The summed E-state index contributed by atoms with van der Waals surface area (Å²) in [7, 11) is -1.98. The van der Waals surface area contributed by atoms with Gasteiger partial charge in [-0.25, -0.2) is 18.6 Å². The molecule has 3 fully saturated rings. The zero-order valence-corrected chi connectivity index (χ0v) is 68.2. The number of nitrogens with zero attached hydrogens (tertiary/aromatic N) is 4. The molecule has 0 radical (unpaired) electrons. The standard InChI is InChI=1S/C33H49P.C17H16N2O3.C16H13BrN2O3.C12H9N.C3H9B3O3.CH4O3S.Pd/c1-23(2)26-21-30(24(3)4)33(31(22-26)25(5)6)29-19-13-14-20-32(29)34(27-15-9-7-10-16-27)28-17-11-8-12-18-28;1-12-16(22-11-13-6-4-3-5-7-13)9-8-15-14(17(20)21-2)10-18-19(12)15;1-21-16(20)12-9-18-19-13(12)7-8-14(15(19)17)22-10-11-5-3-2-4-6-11;13-12-9-5-4-8-11(12)10-6-2-1-3-7-10;1-4-7-5(2)9-6(3)8-4;1-5(2,3)4;/h13-14,19-25,27-28H,7-12,15-18H2,1-6H3;3-10H,11H2,1-2H3;2-9H,10H2,1H3;1-6,8-9,13H;1-3H3;1H3,(H,2,3,4);/q;;;-2;;;+2/p+1. The Hall–Kier alpha value is -7.40. The molecule has 4 aromatic heterocycles. The van der Waals surface area contributed by atoms with Gasteiger partial charge >= 0.3 is 53.7 Å². The molecule has 3 aliphatic rings. The number of hydrogen-bond donors (Lipinski definition) is 1. The Morgan fingerprint density at radius 2 is 1.03 bits per heavy atom. The number of fused-ring (bicyclic) bond motifs is 2. The molecule has 10 aromatic rings. The normalized spacial score (nSPS) is 13.9. The summed E-state index contributed by atoms with van der Waals surface area (Å²) in [5.74, 6) is 2.22. The summed E-state index contributed by atoms with van der Waals surface area (Å²) in [6.07, 6.45) is 18.4. The van der Waals surface area contributed by atoms with Crippen molar-refractivity contribution >= 4 is 89.3 Å². The molecule has 6 aromatic carbocycles. The van der Waals surface area contributed by atoms with Gasteiger partial charge in [0.1, 0.15) is 34.7 Å². The van der Waals surface area contributed by atoms with E-state index in [4.69, 9.17) is 42.9 Å². The van der Waals surface area contributed by atoms with Gasteiger partial charge in [-0.3, -0.25) is 4.55 Å². The van der Waals surface area contributed by atoms with Crippen LogP contribution in [-0.2, 0) is 66.9 Å². The second kappa shape index (κ2) is 42.4. The maximum Gasteiger partial charge on any atom is 2.00 e.